The normalized spacial score (nSPS) is 10.2. The molecule has 1 aromatic carbocycles. The zero-order chi connectivity index (χ0) is 20.4. The molecule has 0 unspecified atom stereocenters. The Hall–Kier alpha value is -2.69. The Morgan fingerprint density at radius 1 is 0.815 bits per heavy atom. The van der Waals surface area contributed by atoms with Crippen LogP contribution in [0.5, 0.6) is 0 Å². The van der Waals surface area contributed by atoms with E-state index in [-0.39, 0.29) is 11.1 Å². The van der Waals surface area contributed by atoms with Gasteiger partial charge in [-0.05, 0) is 0 Å². The zero-order valence-corrected chi connectivity index (χ0v) is 17.0. The summed E-state index contributed by atoms with van der Waals surface area (Å²) >= 11 is -3.21. The van der Waals surface area contributed by atoms with Gasteiger partial charge in [-0.2, -0.15) is 0 Å². The summed E-state index contributed by atoms with van der Waals surface area (Å²) in [5, 5.41) is 0. The van der Waals surface area contributed by atoms with E-state index < -0.39 is 57.7 Å². The van der Waals surface area contributed by atoms with Crippen LogP contribution in [0, 0.1) is 3.57 Å². The van der Waals surface area contributed by atoms with Crippen molar-refractivity contribution in [1.82, 2.24) is 0 Å². The molecule has 1 rings (SSSR count). The second-order valence-electron chi connectivity index (χ2n) is 5.12. The van der Waals surface area contributed by atoms with Crippen molar-refractivity contribution in [2.75, 3.05) is 13.2 Å². The third-order valence-electron chi connectivity index (χ3n) is 2.56. The van der Waals surface area contributed by atoms with Gasteiger partial charge >= 0.3 is 165 Å². The summed E-state index contributed by atoms with van der Waals surface area (Å²) in [5.41, 5.74) is 0.263. The molecule has 0 aliphatic heterocycles. The van der Waals surface area contributed by atoms with Crippen LogP contribution in [0.25, 0.3) is 0 Å². The number of esters is 2. The van der Waals surface area contributed by atoms with E-state index in [1.165, 1.54) is 13.8 Å². The van der Waals surface area contributed by atoms with Crippen LogP contribution in [0.3, 0.4) is 0 Å². The van der Waals surface area contributed by atoms with Crippen molar-refractivity contribution in [2.24, 2.45) is 0 Å². The Morgan fingerprint density at radius 2 is 1.22 bits per heavy atom. The van der Waals surface area contributed by atoms with E-state index in [4.69, 9.17) is 15.6 Å². The number of halogens is 1. The van der Waals surface area contributed by atoms with E-state index >= 15 is 0 Å². The monoisotopic (exact) mass is 490 g/mol. The van der Waals surface area contributed by atoms with Crippen LogP contribution >= 0.6 is 20.6 Å². The van der Waals surface area contributed by atoms with Gasteiger partial charge in [0.25, 0.3) is 0 Å². The van der Waals surface area contributed by atoms with Crippen LogP contribution < -0.4 is 0 Å². The Balaban J connectivity index is 2.71. The third-order valence-corrected chi connectivity index (χ3v) is 6.08. The first-order valence-corrected chi connectivity index (χ1v) is 10.4. The number of hydrogen-bond donors (Lipinski definition) is 0. The molecule has 0 N–H and O–H groups in total. The molecule has 0 fully saturated rings. The molecule has 0 aromatic heterocycles. The number of benzene rings is 1. The Kier molecular flexibility index (Phi) is 9.20. The molecule has 9 heteroatoms. The third kappa shape index (κ3) is 8.49. The minimum absolute atomic E-state index is 0.131. The predicted molar refractivity (Wildman–Crippen MR) is 103 cm³/mol. The van der Waals surface area contributed by atoms with E-state index in [1.807, 2.05) is 0 Å². The summed E-state index contributed by atoms with van der Waals surface area (Å²) in [6, 6.07) is 8.37. The fourth-order valence-electron chi connectivity index (χ4n) is 1.32. The van der Waals surface area contributed by atoms with Crippen molar-refractivity contribution in [2.45, 2.75) is 13.8 Å². The molecular formula is C18H19IO8. The van der Waals surface area contributed by atoms with Crippen molar-refractivity contribution in [3.63, 3.8) is 0 Å². The molecule has 27 heavy (non-hydrogen) atoms. The van der Waals surface area contributed by atoms with Crippen LogP contribution in [-0.2, 0) is 34.8 Å². The number of ether oxygens (including phenoxy) is 2. The van der Waals surface area contributed by atoms with Gasteiger partial charge in [-0.1, -0.05) is 0 Å². The quantitative estimate of drug-likeness (QED) is 0.296. The zero-order valence-electron chi connectivity index (χ0n) is 14.9. The van der Waals surface area contributed by atoms with E-state index in [2.05, 4.69) is 13.2 Å². The molecule has 0 amide bonds. The van der Waals surface area contributed by atoms with Gasteiger partial charge in [-0.15, -0.1) is 0 Å². The van der Waals surface area contributed by atoms with Crippen molar-refractivity contribution in [3.8, 4) is 0 Å². The topological polar surface area (TPSA) is 105 Å². The van der Waals surface area contributed by atoms with Crippen molar-refractivity contribution in [3.05, 3.63) is 58.2 Å². The molecule has 0 atom stereocenters. The van der Waals surface area contributed by atoms with Gasteiger partial charge < -0.3 is 0 Å². The van der Waals surface area contributed by atoms with Crippen LogP contribution in [-0.4, -0.2) is 37.1 Å². The Labute approximate surface area is 164 Å². The number of carbonyl (C=O) groups excluding carboxylic acids is 4. The molecule has 0 spiro atoms. The molecule has 0 bridgehead atoms. The summed E-state index contributed by atoms with van der Waals surface area (Å²) in [6.45, 7) is 8.37. The number of carbonyl (C=O) groups is 4. The average molecular weight is 490 g/mol. The fraction of sp³-hybridized carbons (Fsp3) is 0.222. The molecule has 146 valence electrons. The van der Waals surface area contributed by atoms with Crippen molar-refractivity contribution in [1.29, 1.82) is 0 Å². The number of hydrogen-bond acceptors (Lipinski definition) is 8. The minimum atomic E-state index is -3.21. The molecule has 0 radical (unpaired) electrons. The van der Waals surface area contributed by atoms with Gasteiger partial charge in [0.2, 0.25) is 0 Å². The van der Waals surface area contributed by atoms with Crippen LogP contribution in [0.1, 0.15) is 13.8 Å². The maximum atomic E-state index is 11.9. The van der Waals surface area contributed by atoms with E-state index in [0.717, 1.165) is 0 Å². The van der Waals surface area contributed by atoms with Gasteiger partial charge in [0, 0.05) is 0 Å². The number of rotatable bonds is 9. The maximum absolute atomic E-state index is 11.9. The van der Waals surface area contributed by atoms with E-state index in [1.54, 1.807) is 30.3 Å². The SMILES string of the molecule is C=C(C)C(=O)OCC(=O)OI(OC(=O)COC(=O)C(=C)C)c1ccccc1. The first-order valence-electron chi connectivity index (χ1n) is 7.53. The first-order chi connectivity index (χ1) is 12.7. The van der Waals surface area contributed by atoms with Crippen LogP contribution in [0.15, 0.2) is 54.6 Å². The average Bonchev–Trinajstić information content (AvgIpc) is 2.64. The molecule has 8 nitrogen and oxygen atoms in total. The summed E-state index contributed by atoms with van der Waals surface area (Å²) in [7, 11) is 0. The first kappa shape index (κ1) is 22.4. The van der Waals surface area contributed by atoms with Crippen LogP contribution in [0.2, 0.25) is 0 Å². The molecule has 0 saturated heterocycles. The summed E-state index contributed by atoms with van der Waals surface area (Å²) < 4.78 is 20.3. The molecule has 0 saturated carbocycles. The van der Waals surface area contributed by atoms with E-state index in [9.17, 15) is 19.2 Å². The standard InChI is InChI=1S/C18H19IO8/c1-12(2)17(22)24-10-15(20)26-19(14-8-6-5-7-9-14)27-16(21)11-25-18(23)13(3)4/h5-9H,1,3,10-11H2,2,4H3. The van der Waals surface area contributed by atoms with Gasteiger partial charge in [0.15, 0.2) is 0 Å². The second kappa shape index (κ2) is 11.1. The fourth-order valence-corrected chi connectivity index (χ4v) is 4.07. The van der Waals surface area contributed by atoms with Gasteiger partial charge in [-0.25, -0.2) is 0 Å². The predicted octanol–water partition coefficient (Wildman–Crippen LogP) is 2.52. The van der Waals surface area contributed by atoms with Crippen molar-refractivity contribution >= 4 is 44.5 Å². The summed E-state index contributed by atoms with van der Waals surface area (Å²) in [5.74, 6) is -3.22. The molecule has 0 heterocycles. The summed E-state index contributed by atoms with van der Waals surface area (Å²) in [6.07, 6.45) is 0. The Morgan fingerprint density at radius 3 is 1.59 bits per heavy atom. The van der Waals surface area contributed by atoms with Gasteiger partial charge in [-0.3, -0.25) is 0 Å². The van der Waals surface area contributed by atoms with Crippen molar-refractivity contribution < 1.29 is 34.8 Å². The van der Waals surface area contributed by atoms with Gasteiger partial charge in [0.05, 0.1) is 0 Å². The molecule has 1 aromatic rings. The van der Waals surface area contributed by atoms with E-state index in [0.29, 0.717) is 3.57 Å². The molecular weight excluding hydrogens is 471 g/mol. The summed E-state index contributed by atoms with van der Waals surface area (Å²) in [4.78, 5) is 46.5. The molecule has 0 aliphatic rings. The van der Waals surface area contributed by atoms with Gasteiger partial charge in [0.1, 0.15) is 0 Å². The molecule has 0 aliphatic carbocycles. The van der Waals surface area contributed by atoms with Crippen LogP contribution in [0.4, 0.5) is 0 Å². The Bertz CT molecular complexity index is 697. The second-order valence-corrected chi connectivity index (χ2v) is 8.49.